The van der Waals surface area contributed by atoms with Crippen LogP contribution in [0.25, 0.3) is 82.8 Å². The third-order valence-corrected chi connectivity index (χ3v) is 24.0. The Kier molecular flexibility index (Phi) is 12.3. The molecular formula is C84H50B2N2O5Se2. The molecular weight excluding hydrogens is 1300 g/mol. The van der Waals surface area contributed by atoms with E-state index < -0.39 is 0 Å². The number of hydrogen-bond donors (Lipinski definition) is 1. The van der Waals surface area contributed by atoms with Crippen LogP contribution in [0.4, 0.5) is 34.1 Å². The minimum atomic E-state index is -0.180. The molecule has 0 saturated heterocycles. The first-order valence-electron chi connectivity index (χ1n) is 32.0. The van der Waals surface area contributed by atoms with Gasteiger partial charge in [-0.1, -0.05) is 78.9 Å². The Morgan fingerprint density at radius 3 is 1.69 bits per heavy atom. The molecule has 17 aromatic rings. The van der Waals surface area contributed by atoms with E-state index in [-0.39, 0.29) is 48.2 Å². The molecule has 11 heteroatoms. The van der Waals surface area contributed by atoms with Crippen LogP contribution in [-0.2, 0) is 0 Å². The maximum absolute atomic E-state index is 9.96. The van der Waals surface area contributed by atoms with Crippen LogP contribution in [0.3, 0.4) is 0 Å². The Bertz CT molecular complexity index is 5960. The van der Waals surface area contributed by atoms with Gasteiger partial charge in [0, 0.05) is 11.1 Å². The van der Waals surface area contributed by atoms with Gasteiger partial charge in [-0.25, -0.2) is 0 Å². The fraction of sp³-hybridized carbons (Fsp3) is 0. The zero-order valence-corrected chi connectivity index (χ0v) is 54.2. The van der Waals surface area contributed by atoms with Crippen LogP contribution < -0.4 is 56.8 Å². The summed E-state index contributed by atoms with van der Waals surface area (Å²) in [6.07, 6.45) is 0. The third kappa shape index (κ3) is 8.40. The van der Waals surface area contributed by atoms with Gasteiger partial charge in [0.25, 0.3) is 0 Å². The number of ether oxygens (including phenoxy) is 3. The van der Waals surface area contributed by atoms with E-state index in [1.807, 2.05) is 42.5 Å². The molecule has 95 heavy (non-hydrogen) atoms. The molecule has 0 aliphatic carbocycles. The number of hydrogen-bond acceptors (Lipinski definition) is 7. The van der Waals surface area contributed by atoms with Crippen molar-refractivity contribution >= 4 is 170 Å². The van der Waals surface area contributed by atoms with E-state index >= 15 is 0 Å². The molecule has 4 aliphatic rings. The van der Waals surface area contributed by atoms with Crippen molar-refractivity contribution in [2.75, 3.05) is 9.80 Å². The summed E-state index contributed by atoms with van der Waals surface area (Å²) in [4.78, 5) is 5.06. The summed E-state index contributed by atoms with van der Waals surface area (Å²) in [5.41, 5.74) is 19.8. The maximum atomic E-state index is 9.96. The SMILES string of the molecule is Oc1cc(Oc2ccccc2)c2c(c1)[se]c1ccccc12.c1ccc(-c2cccc(-c3ccccc3)c2N2c3cc4c(cc3B3c5ccccc5N(c5ccccc5)c5c3c2cc2oc3ccccc3c52)B2c3ccccc3Oc3c2c(cc2[se]c5ccccc5c32)O4)cc1. The van der Waals surface area contributed by atoms with Gasteiger partial charge >= 0.3 is 449 Å². The van der Waals surface area contributed by atoms with E-state index in [0.717, 1.165) is 135 Å². The number of para-hydroxylation sites is 6. The Hall–Kier alpha value is -11.2. The number of phenols is 1. The summed E-state index contributed by atoms with van der Waals surface area (Å²) in [5, 5.41) is 17.0. The number of furan rings is 1. The van der Waals surface area contributed by atoms with Crippen LogP contribution in [0.1, 0.15) is 0 Å². The average molecular weight is 1350 g/mol. The first-order valence-corrected chi connectivity index (χ1v) is 35.4. The van der Waals surface area contributed by atoms with E-state index in [9.17, 15) is 5.11 Å². The molecule has 21 rings (SSSR count). The van der Waals surface area contributed by atoms with Gasteiger partial charge in [0.1, 0.15) is 5.58 Å². The van der Waals surface area contributed by atoms with E-state index in [2.05, 4.69) is 259 Å². The molecule has 0 bridgehead atoms. The average Bonchev–Trinajstić information content (AvgIpc) is 0.994. The van der Waals surface area contributed by atoms with Gasteiger partial charge < -0.3 is 0 Å². The zero-order chi connectivity index (χ0) is 62.4. The molecule has 14 aromatic carbocycles. The number of rotatable bonds is 6. The predicted octanol–water partition coefficient (Wildman–Crippen LogP) is 17.6. The molecule has 444 valence electrons. The number of phenolic OH excluding ortho intramolecular Hbond substituents is 1. The Morgan fingerprint density at radius 2 is 0.958 bits per heavy atom. The molecule has 7 nitrogen and oxygen atoms in total. The van der Waals surface area contributed by atoms with Gasteiger partial charge in [0.15, 0.2) is 0 Å². The standard InChI is InChI=1S/C66H38B2N2O3Se.C18H12O2Se/c1-4-19-39(20-5-1)42-27-18-28-43(40-21-6-2-7-22-40)64(42)70-51-36-55-49(68-47-30-13-16-33-54(47)73-66-61-45-26-11-17-34-58(45)74-59(61)38-57(72-55)63(66)68)35-48(51)67-46-29-12-14-31-50(46)69(41-23-8-3-9-24-41)65-60-44-25-10-15-32-53(44)71-56(60)37-52(70)62(65)67;19-12-10-15(20-13-6-2-1-3-7-13)18-14-8-4-5-9-16(14)21-17(18)11-12/h1-38H;1-11,19H. The van der Waals surface area contributed by atoms with Crippen molar-refractivity contribution < 1.29 is 23.7 Å². The Morgan fingerprint density at radius 1 is 0.358 bits per heavy atom. The second-order valence-corrected chi connectivity index (χ2v) is 29.2. The number of aromatic hydroxyl groups is 1. The number of benzene rings is 14. The first kappa shape index (κ1) is 54.4. The summed E-state index contributed by atoms with van der Waals surface area (Å²) in [5.74, 6) is 5.29. The minimum Gasteiger partial charge on any atom is -0.0616 e. The van der Waals surface area contributed by atoms with Crippen molar-refractivity contribution in [3.05, 3.63) is 297 Å². The van der Waals surface area contributed by atoms with Crippen molar-refractivity contribution in [1.82, 2.24) is 0 Å². The summed E-state index contributed by atoms with van der Waals surface area (Å²) in [7, 11) is 0. The van der Waals surface area contributed by atoms with Gasteiger partial charge in [-0.15, -0.1) is 0 Å². The molecule has 0 unspecified atom stereocenters. The van der Waals surface area contributed by atoms with Crippen LogP contribution in [0.5, 0.6) is 40.2 Å². The van der Waals surface area contributed by atoms with Crippen molar-refractivity contribution in [2.45, 2.75) is 0 Å². The molecule has 7 heterocycles. The normalized spacial score (nSPS) is 13.0. The predicted molar refractivity (Wildman–Crippen MR) is 395 cm³/mol. The fourth-order valence-corrected chi connectivity index (χ4v) is 20.3. The van der Waals surface area contributed by atoms with Crippen molar-refractivity contribution in [2.24, 2.45) is 0 Å². The monoisotopic (exact) mass is 1350 g/mol. The second-order valence-electron chi connectivity index (χ2n) is 24.6. The van der Waals surface area contributed by atoms with Gasteiger partial charge in [0.2, 0.25) is 0 Å². The second kappa shape index (κ2) is 21.5. The molecule has 1 N–H and O–H groups in total. The van der Waals surface area contributed by atoms with Gasteiger partial charge in [-0.2, -0.15) is 0 Å². The third-order valence-electron chi connectivity index (χ3n) is 19.3. The molecule has 0 saturated carbocycles. The van der Waals surface area contributed by atoms with Gasteiger partial charge in [0.05, 0.1) is 0 Å². The molecule has 3 aromatic heterocycles. The van der Waals surface area contributed by atoms with E-state index in [0.29, 0.717) is 0 Å². The summed E-state index contributed by atoms with van der Waals surface area (Å²) < 4.78 is 32.9. The molecule has 0 amide bonds. The Labute approximate surface area is 559 Å². The van der Waals surface area contributed by atoms with Gasteiger partial charge in [-0.05, 0) is 18.2 Å². The van der Waals surface area contributed by atoms with Crippen molar-refractivity contribution in [3.63, 3.8) is 0 Å². The molecule has 0 atom stereocenters. The van der Waals surface area contributed by atoms with E-state index in [1.165, 1.54) is 49.6 Å². The van der Waals surface area contributed by atoms with E-state index in [4.69, 9.17) is 18.6 Å². The molecule has 0 spiro atoms. The molecule has 0 fully saturated rings. The number of anilines is 6. The van der Waals surface area contributed by atoms with Gasteiger partial charge in [-0.3, -0.25) is 0 Å². The quantitative estimate of drug-likeness (QED) is 0.166. The van der Waals surface area contributed by atoms with Crippen LogP contribution in [-0.4, -0.2) is 47.5 Å². The summed E-state index contributed by atoms with van der Waals surface area (Å²) >= 11 is 0.323. The fourth-order valence-electron chi connectivity index (χ4n) is 15.5. The van der Waals surface area contributed by atoms with Crippen LogP contribution >= 0.6 is 0 Å². The minimum absolute atomic E-state index is 0.101. The number of fused-ring (bicyclic) bond motifs is 19. The Balaban J connectivity index is 0.000000250. The van der Waals surface area contributed by atoms with Crippen molar-refractivity contribution in [3.8, 4) is 62.5 Å². The summed E-state index contributed by atoms with van der Waals surface area (Å²) in [6, 6.07) is 106. The van der Waals surface area contributed by atoms with Crippen LogP contribution in [0.2, 0.25) is 0 Å². The zero-order valence-electron chi connectivity index (χ0n) is 50.7. The smallest absolute Gasteiger partial charge is 0.0616 e. The molecule has 4 aliphatic heterocycles. The first-order chi connectivity index (χ1) is 47.0. The topological polar surface area (TPSA) is 67.5 Å². The van der Waals surface area contributed by atoms with Crippen LogP contribution in [0.15, 0.2) is 302 Å². The number of nitrogens with zero attached hydrogens (tertiary/aromatic N) is 2. The van der Waals surface area contributed by atoms with E-state index in [1.54, 1.807) is 6.07 Å². The summed E-state index contributed by atoms with van der Waals surface area (Å²) in [6.45, 7) is -0.323. The molecule has 0 radical (unpaired) electrons. The van der Waals surface area contributed by atoms with Crippen LogP contribution in [0, 0.1) is 0 Å². The van der Waals surface area contributed by atoms with Crippen molar-refractivity contribution in [1.29, 1.82) is 0 Å².